The Kier molecular flexibility index (Phi) is 9.51. The van der Waals surface area contributed by atoms with Crippen LogP contribution in [-0.2, 0) is 21.4 Å². The van der Waals surface area contributed by atoms with E-state index in [-0.39, 0.29) is 17.4 Å². The lowest BCUT2D eigenvalue weighted by Crippen LogP contribution is -2.35. The predicted molar refractivity (Wildman–Crippen MR) is 136 cm³/mol. The molecule has 3 aromatic rings. The Morgan fingerprint density at radius 3 is 2.46 bits per heavy atom. The fourth-order valence-corrected chi connectivity index (χ4v) is 5.81. The first kappa shape index (κ1) is 30.2. The second kappa shape index (κ2) is 12.3. The van der Waals surface area contributed by atoms with Crippen LogP contribution in [0.15, 0.2) is 52.2 Å². The van der Waals surface area contributed by atoms with E-state index in [1.165, 1.54) is 34.7 Å². The van der Waals surface area contributed by atoms with E-state index in [9.17, 15) is 26.0 Å². The van der Waals surface area contributed by atoms with Crippen LogP contribution in [0, 0.1) is 18.6 Å². The summed E-state index contributed by atoms with van der Waals surface area (Å²) in [7, 11) is -2.66. The second-order valence-electron chi connectivity index (χ2n) is 8.70. The predicted octanol–water partition coefficient (Wildman–Crippen LogP) is 4.87. The number of carboxylic acids is 1. The first-order valence-corrected chi connectivity index (χ1v) is 13.8. The zero-order chi connectivity index (χ0) is 29.0. The third-order valence-corrected chi connectivity index (χ3v) is 7.98. The van der Waals surface area contributed by atoms with Gasteiger partial charge in [-0.3, -0.25) is 9.62 Å². The van der Waals surface area contributed by atoms with E-state index in [4.69, 9.17) is 9.90 Å². The molecule has 0 unspecified atom stereocenters. The van der Waals surface area contributed by atoms with E-state index >= 15 is 4.39 Å². The maximum absolute atomic E-state index is 15.1. The molecule has 0 saturated carbocycles. The van der Waals surface area contributed by atoms with Gasteiger partial charge in [0, 0.05) is 49.4 Å². The Labute approximate surface area is 225 Å². The van der Waals surface area contributed by atoms with Gasteiger partial charge in [0.15, 0.2) is 16.5 Å². The summed E-state index contributed by atoms with van der Waals surface area (Å²) in [4.78, 5) is 15.9. The van der Waals surface area contributed by atoms with E-state index in [2.05, 4.69) is 26.7 Å². The number of alkyl halides is 3. The standard InChI is InChI=1S/C22H24F2N4O2S2.C2HF3O2/c1-15-19(27(2)17-8-9-28(12-17)11-16-6-4-3-5-7-16)10-18(23)22(21(15)24)32(29,30)26-20-13-31-14-25-20;3-2(4,5)1(6)7/h3-7,10,13-14,17,26H,8-9,11-12H2,1-2H3;(H,6,7)/t17-;/m0./s1. The summed E-state index contributed by atoms with van der Waals surface area (Å²) < 4.78 is 89.1. The molecule has 1 atom stereocenters. The summed E-state index contributed by atoms with van der Waals surface area (Å²) in [6, 6.07) is 11.3. The second-order valence-corrected chi connectivity index (χ2v) is 11.0. The first-order valence-electron chi connectivity index (χ1n) is 11.4. The molecule has 15 heteroatoms. The van der Waals surface area contributed by atoms with Gasteiger partial charge in [0.2, 0.25) is 0 Å². The van der Waals surface area contributed by atoms with Gasteiger partial charge in [-0.15, -0.1) is 11.3 Å². The zero-order valence-corrected chi connectivity index (χ0v) is 22.4. The maximum atomic E-state index is 15.1. The molecule has 212 valence electrons. The number of nitrogens with one attached hydrogen (secondary N) is 1. The molecule has 2 N–H and O–H groups in total. The summed E-state index contributed by atoms with van der Waals surface area (Å²) in [5.74, 6) is -4.95. The number of likely N-dealkylation sites (N-methyl/N-ethyl adjacent to an activating group) is 1. The van der Waals surface area contributed by atoms with E-state index in [1.54, 1.807) is 7.05 Å². The topological polar surface area (TPSA) is 103 Å². The fraction of sp³-hybridized carbons (Fsp3) is 0.333. The normalized spacial score (nSPS) is 15.9. The molecule has 1 aliphatic rings. The molecule has 39 heavy (non-hydrogen) atoms. The molecule has 2 heterocycles. The van der Waals surface area contributed by atoms with Crippen LogP contribution in [0.5, 0.6) is 0 Å². The molecular formula is C24H25F5N4O4S2. The summed E-state index contributed by atoms with van der Waals surface area (Å²) >= 11 is 1.17. The highest BCUT2D eigenvalue weighted by molar-refractivity contribution is 7.92. The number of carboxylic acid groups (broad SMARTS) is 1. The Bertz CT molecular complexity index is 1390. The van der Waals surface area contributed by atoms with Gasteiger partial charge in [-0.1, -0.05) is 30.3 Å². The highest BCUT2D eigenvalue weighted by atomic mass is 32.2. The molecule has 1 aromatic heterocycles. The third kappa shape index (κ3) is 7.64. The van der Waals surface area contributed by atoms with Gasteiger partial charge in [0.25, 0.3) is 10.0 Å². The van der Waals surface area contributed by atoms with Crippen molar-refractivity contribution in [2.75, 3.05) is 29.8 Å². The van der Waals surface area contributed by atoms with Crippen molar-refractivity contribution < 1.29 is 40.3 Å². The minimum atomic E-state index is -5.08. The van der Waals surface area contributed by atoms with Crippen molar-refractivity contribution >= 4 is 38.8 Å². The smallest absolute Gasteiger partial charge is 0.475 e. The van der Waals surface area contributed by atoms with E-state index in [0.717, 1.165) is 32.1 Å². The Morgan fingerprint density at radius 2 is 1.90 bits per heavy atom. The minimum Gasteiger partial charge on any atom is -0.475 e. The fourth-order valence-electron chi connectivity index (χ4n) is 4.06. The lowest BCUT2D eigenvalue weighted by Gasteiger charge is -2.29. The van der Waals surface area contributed by atoms with Gasteiger partial charge in [0.1, 0.15) is 5.82 Å². The Hall–Kier alpha value is -3.30. The average molecular weight is 593 g/mol. The number of thiazole rings is 1. The number of carbonyl (C=O) groups is 1. The number of hydrogen-bond acceptors (Lipinski definition) is 7. The highest BCUT2D eigenvalue weighted by Gasteiger charge is 2.38. The third-order valence-electron chi connectivity index (χ3n) is 6.00. The molecule has 4 rings (SSSR count). The first-order chi connectivity index (χ1) is 18.2. The lowest BCUT2D eigenvalue weighted by molar-refractivity contribution is -0.192. The number of nitrogens with zero attached hydrogens (tertiary/aromatic N) is 3. The van der Waals surface area contributed by atoms with Gasteiger partial charge in [-0.05, 0) is 25.0 Å². The van der Waals surface area contributed by atoms with Gasteiger partial charge in [-0.25, -0.2) is 27.0 Å². The molecule has 0 radical (unpaired) electrons. The largest absolute Gasteiger partial charge is 0.490 e. The van der Waals surface area contributed by atoms with E-state index < -0.39 is 38.7 Å². The van der Waals surface area contributed by atoms with Gasteiger partial charge in [-0.2, -0.15) is 13.2 Å². The summed E-state index contributed by atoms with van der Waals surface area (Å²) in [5, 5.41) is 8.57. The van der Waals surface area contributed by atoms with Crippen LogP contribution in [0.3, 0.4) is 0 Å². The number of hydrogen-bond donors (Lipinski definition) is 2. The molecule has 8 nitrogen and oxygen atoms in total. The van der Waals surface area contributed by atoms with Crippen LogP contribution in [0.1, 0.15) is 17.5 Å². The number of halogens is 5. The molecular weight excluding hydrogens is 567 g/mol. The Morgan fingerprint density at radius 1 is 1.26 bits per heavy atom. The quantitative estimate of drug-likeness (QED) is 0.378. The minimum absolute atomic E-state index is 0.0251. The van der Waals surface area contributed by atoms with Crippen molar-refractivity contribution in [3.8, 4) is 0 Å². The maximum Gasteiger partial charge on any atom is 0.490 e. The van der Waals surface area contributed by atoms with Gasteiger partial charge >= 0.3 is 12.1 Å². The van der Waals surface area contributed by atoms with E-state index in [0.29, 0.717) is 5.69 Å². The molecule has 0 aliphatic carbocycles. The number of likely N-dealkylation sites (tertiary alicyclic amines) is 1. The highest BCUT2D eigenvalue weighted by Crippen LogP contribution is 2.33. The SMILES string of the molecule is Cc1c(N(C)[C@H]2CCN(Cc3ccccc3)C2)cc(F)c(S(=O)(=O)Nc2cscn2)c1F.O=C(O)C(F)(F)F. The lowest BCUT2D eigenvalue weighted by atomic mass is 10.1. The molecule has 1 fully saturated rings. The Balaban J connectivity index is 0.000000532. The van der Waals surface area contributed by atoms with Crippen LogP contribution < -0.4 is 9.62 Å². The van der Waals surface area contributed by atoms with Crippen molar-refractivity contribution in [3.05, 3.63) is 70.1 Å². The number of aliphatic carboxylic acids is 1. The number of rotatable bonds is 7. The van der Waals surface area contributed by atoms with Crippen LogP contribution in [0.4, 0.5) is 33.5 Å². The summed E-state index contributed by atoms with van der Waals surface area (Å²) in [6.07, 6.45) is -4.24. The van der Waals surface area contributed by atoms with Crippen LogP contribution in [0.25, 0.3) is 0 Å². The zero-order valence-electron chi connectivity index (χ0n) is 20.7. The van der Waals surface area contributed by atoms with E-state index in [1.807, 2.05) is 23.1 Å². The molecule has 1 aliphatic heterocycles. The van der Waals surface area contributed by atoms with Crippen molar-refractivity contribution in [1.82, 2.24) is 9.88 Å². The molecule has 0 amide bonds. The average Bonchev–Trinajstić information content (AvgIpc) is 3.53. The number of aromatic nitrogens is 1. The monoisotopic (exact) mass is 592 g/mol. The van der Waals surface area contributed by atoms with Crippen molar-refractivity contribution in [2.45, 2.75) is 37.0 Å². The molecule has 2 aromatic carbocycles. The summed E-state index contributed by atoms with van der Waals surface area (Å²) in [6.45, 7) is 3.91. The van der Waals surface area contributed by atoms with Gasteiger partial charge in [0.05, 0.1) is 5.51 Å². The molecule has 0 bridgehead atoms. The van der Waals surface area contributed by atoms with Crippen molar-refractivity contribution in [2.24, 2.45) is 0 Å². The van der Waals surface area contributed by atoms with Crippen molar-refractivity contribution in [1.29, 1.82) is 0 Å². The molecule has 0 spiro atoms. The number of benzene rings is 2. The van der Waals surface area contributed by atoms with Crippen molar-refractivity contribution in [3.63, 3.8) is 0 Å². The number of anilines is 2. The van der Waals surface area contributed by atoms with Crippen LogP contribution in [0.2, 0.25) is 0 Å². The van der Waals surface area contributed by atoms with Crippen LogP contribution in [-0.4, -0.2) is 61.7 Å². The number of sulfonamides is 1. The molecule has 1 saturated heterocycles. The van der Waals surface area contributed by atoms with Gasteiger partial charge < -0.3 is 10.0 Å². The summed E-state index contributed by atoms with van der Waals surface area (Å²) in [5.41, 5.74) is 3.08. The van der Waals surface area contributed by atoms with Crippen LogP contribution >= 0.6 is 11.3 Å².